The van der Waals surface area contributed by atoms with Crippen molar-refractivity contribution in [2.45, 2.75) is 19.9 Å². The molecule has 80 valence electrons. The molecule has 2 rings (SSSR count). The zero-order chi connectivity index (χ0) is 11.2. The monoisotopic (exact) mass is 211 g/mol. The van der Waals surface area contributed by atoms with E-state index in [2.05, 4.69) is 0 Å². The van der Waals surface area contributed by atoms with E-state index in [0.717, 1.165) is 6.07 Å². The first kappa shape index (κ1) is 10.1. The van der Waals surface area contributed by atoms with Gasteiger partial charge in [-0.1, -0.05) is 0 Å². The zero-order valence-electron chi connectivity index (χ0n) is 8.47. The molecule has 0 unspecified atom stereocenters. The number of rotatable bonds is 1. The lowest BCUT2D eigenvalue weighted by Crippen LogP contribution is -2.04. The maximum Gasteiger partial charge on any atom is 0.170 e. The molecule has 0 aliphatic heterocycles. The summed E-state index contributed by atoms with van der Waals surface area (Å²) < 4.78 is 31.6. The number of fused-ring (bicyclic) bond motifs is 1. The van der Waals surface area contributed by atoms with Crippen LogP contribution in [0.15, 0.2) is 16.5 Å². The van der Waals surface area contributed by atoms with Crippen LogP contribution in [0.1, 0.15) is 24.3 Å². The van der Waals surface area contributed by atoms with E-state index in [4.69, 9.17) is 10.2 Å². The number of halogens is 2. The highest BCUT2D eigenvalue weighted by molar-refractivity contribution is 5.82. The fourth-order valence-electron chi connectivity index (χ4n) is 1.70. The van der Waals surface area contributed by atoms with Crippen LogP contribution in [-0.4, -0.2) is 0 Å². The summed E-state index contributed by atoms with van der Waals surface area (Å²) in [5.74, 6) is -0.811. The Hall–Kier alpha value is -1.42. The second-order valence-electron chi connectivity index (χ2n) is 3.64. The van der Waals surface area contributed by atoms with Crippen molar-refractivity contribution in [2.75, 3.05) is 0 Å². The fraction of sp³-hybridized carbons (Fsp3) is 0.273. The van der Waals surface area contributed by atoms with Gasteiger partial charge in [-0.25, -0.2) is 8.78 Å². The fourth-order valence-corrected chi connectivity index (χ4v) is 1.70. The lowest BCUT2D eigenvalue weighted by atomic mass is 10.1. The standard InChI is InChI=1S/C11H11F2NO/c1-5-8-3-7(12)4-9(13)11(8)15-10(5)6(2)14/h3-4,6H,14H2,1-2H3/t6-/m0/s1. The minimum Gasteiger partial charge on any atom is -0.456 e. The van der Waals surface area contributed by atoms with Crippen LogP contribution in [0.3, 0.4) is 0 Å². The second kappa shape index (κ2) is 3.31. The molecule has 0 aliphatic carbocycles. The van der Waals surface area contributed by atoms with Crippen molar-refractivity contribution >= 4 is 11.0 Å². The Bertz CT molecular complexity index is 517. The van der Waals surface area contributed by atoms with Gasteiger partial charge in [0.2, 0.25) is 0 Å². The lowest BCUT2D eigenvalue weighted by Gasteiger charge is -2.00. The van der Waals surface area contributed by atoms with Crippen LogP contribution < -0.4 is 5.73 Å². The number of benzene rings is 1. The van der Waals surface area contributed by atoms with Crippen molar-refractivity contribution in [3.8, 4) is 0 Å². The smallest absolute Gasteiger partial charge is 0.170 e. The molecule has 0 amide bonds. The highest BCUT2D eigenvalue weighted by Crippen LogP contribution is 2.30. The van der Waals surface area contributed by atoms with E-state index >= 15 is 0 Å². The van der Waals surface area contributed by atoms with Crippen molar-refractivity contribution in [2.24, 2.45) is 5.73 Å². The maximum absolute atomic E-state index is 13.3. The van der Waals surface area contributed by atoms with Crippen molar-refractivity contribution in [1.29, 1.82) is 0 Å². The molecule has 1 atom stereocenters. The Morgan fingerprint density at radius 2 is 2.00 bits per heavy atom. The van der Waals surface area contributed by atoms with Gasteiger partial charge in [-0.15, -0.1) is 0 Å². The molecule has 0 fully saturated rings. The van der Waals surface area contributed by atoms with E-state index < -0.39 is 11.6 Å². The number of nitrogens with two attached hydrogens (primary N) is 1. The summed E-state index contributed by atoms with van der Waals surface area (Å²) in [7, 11) is 0. The molecule has 0 aliphatic rings. The average Bonchev–Trinajstić information content (AvgIpc) is 2.44. The van der Waals surface area contributed by atoms with Gasteiger partial charge in [-0.3, -0.25) is 0 Å². The molecular formula is C11H11F2NO. The predicted molar refractivity (Wildman–Crippen MR) is 53.5 cm³/mol. The number of hydrogen-bond acceptors (Lipinski definition) is 2. The normalized spacial score (nSPS) is 13.4. The zero-order valence-corrected chi connectivity index (χ0v) is 8.47. The summed E-state index contributed by atoms with van der Waals surface area (Å²) in [5.41, 5.74) is 6.42. The van der Waals surface area contributed by atoms with Crippen molar-refractivity contribution < 1.29 is 13.2 Å². The van der Waals surface area contributed by atoms with E-state index in [1.807, 2.05) is 0 Å². The van der Waals surface area contributed by atoms with E-state index in [0.29, 0.717) is 16.7 Å². The van der Waals surface area contributed by atoms with Gasteiger partial charge in [-0.2, -0.15) is 0 Å². The summed E-state index contributed by atoms with van der Waals surface area (Å²) >= 11 is 0. The van der Waals surface area contributed by atoms with Gasteiger partial charge >= 0.3 is 0 Å². The molecule has 1 heterocycles. The molecular weight excluding hydrogens is 200 g/mol. The molecule has 2 aromatic rings. The molecule has 4 heteroatoms. The first-order valence-corrected chi connectivity index (χ1v) is 4.64. The van der Waals surface area contributed by atoms with Crippen LogP contribution in [0, 0.1) is 18.6 Å². The molecule has 0 saturated heterocycles. The average molecular weight is 211 g/mol. The van der Waals surface area contributed by atoms with E-state index in [-0.39, 0.29) is 11.6 Å². The summed E-state index contributed by atoms with van der Waals surface area (Å²) in [6.07, 6.45) is 0. The summed E-state index contributed by atoms with van der Waals surface area (Å²) in [5, 5.41) is 0.444. The number of hydrogen-bond donors (Lipinski definition) is 1. The Morgan fingerprint density at radius 1 is 1.33 bits per heavy atom. The summed E-state index contributed by atoms with van der Waals surface area (Å²) in [6.45, 7) is 3.47. The maximum atomic E-state index is 13.3. The summed E-state index contributed by atoms with van der Waals surface area (Å²) in [4.78, 5) is 0. The Labute approximate surface area is 85.7 Å². The van der Waals surface area contributed by atoms with Crippen LogP contribution >= 0.6 is 0 Å². The molecule has 0 spiro atoms. The van der Waals surface area contributed by atoms with E-state index in [9.17, 15) is 8.78 Å². The van der Waals surface area contributed by atoms with Gasteiger partial charge in [0.1, 0.15) is 11.6 Å². The van der Waals surface area contributed by atoms with E-state index in [1.165, 1.54) is 6.07 Å². The van der Waals surface area contributed by atoms with Gasteiger partial charge < -0.3 is 10.2 Å². The molecule has 0 saturated carbocycles. The lowest BCUT2D eigenvalue weighted by molar-refractivity contribution is 0.487. The molecule has 1 aromatic carbocycles. The number of aryl methyl sites for hydroxylation is 1. The molecule has 0 bridgehead atoms. The molecule has 0 radical (unpaired) electrons. The van der Waals surface area contributed by atoms with Gasteiger partial charge in [0.05, 0.1) is 6.04 Å². The Balaban J connectivity index is 2.82. The second-order valence-corrected chi connectivity index (χ2v) is 3.64. The van der Waals surface area contributed by atoms with Crippen LogP contribution in [0.4, 0.5) is 8.78 Å². The van der Waals surface area contributed by atoms with Crippen molar-refractivity contribution in [3.63, 3.8) is 0 Å². The Morgan fingerprint density at radius 3 is 2.60 bits per heavy atom. The molecule has 2 N–H and O–H groups in total. The predicted octanol–water partition coefficient (Wildman–Crippen LogP) is 3.04. The highest BCUT2D eigenvalue weighted by atomic mass is 19.1. The third kappa shape index (κ3) is 1.51. The third-order valence-corrected chi connectivity index (χ3v) is 2.41. The van der Waals surface area contributed by atoms with Crippen LogP contribution in [-0.2, 0) is 0 Å². The molecule has 2 nitrogen and oxygen atoms in total. The van der Waals surface area contributed by atoms with Crippen LogP contribution in [0.25, 0.3) is 11.0 Å². The van der Waals surface area contributed by atoms with E-state index in [1.54, 1.807) is 13.8 Å². The van der Waals surface area contributed by atoms with Crippen molar-refractivity contribution in [1.82, 2.24) is 0 Å². The Kier molecular flexibility index (Phi) is 2.23. The largest absolute Gasteiger partial charge is 0.456 e. The minimum atomic E-state index is -0.694. The first-order valence-electron chi connectivity index (χ1n) is 4.64. The van der Waals surface area contributed by atoms with Gasteiger partial charge in [0, 0.05) is 17.0 Å². The first-order chi connectivity index (χ1) is 7.00. The van der Waals surface area contributed by atoms with Crippen LogP contribution in [0.2, 0.25) is 0 Å². The minimum absolute atomic E-state index is 0.0706. The van der Waals surface area contributed by atoms with Gasteiger partial charge in [-0.05, 0) is 19.9 Å². The highest BCUT2D eigenvalue weighted by Gasteiger charge is 2.17. The molecule has 1 aromatic heterocycles. The summed E-state index contributed by atoms with van der Waals surface area (Å²) in [6, 6.07) is 1.72. The van der Waals surface area contributed by atoms with Gasteiger partial charge in [0.15, 0.2) is 11.4 Å². The SMILES string of the molecule is Cc1c([C@H](C)N)oc2c(F)cc(F)cc12. The molecule has 15 heavy (non-hydrogen) atoms. The van der Waals surface area contributed by atoms with Crippen molar-refractivity contribution in [3.05, 3.63) is 35.1 Å². The topological polar surface area (TPSA) is 39.2 Å². The third-order valence-electron chi connectivity index (χ3n) is 2.41. The van der Waals surface area contributed by atoms with Crippen LogP contribution in [0.5, 0.6) is 0 Å². The quantitative estimate of drug-likeness (QED) is 0.787. The number of furan rings is 1. The van der Waals surface area contributed by atoms with Gasteiger partial charge in [0.25, 0.3) is 0 Å².